The zero-order valence-electron chi connectivity index (χ0n) is 10.5. The second-order valence-electron chi connectivity index (χ2n) is 4.38. The molecule has 1 N–H and O–H groups in total. The van der Waals surface area contributed by atoms with E-state index in [1.54, 1.807) is 6.92 Å². The maximum Gasteiger partial charge on any atom is 0.311 e. The molecule has 2 rings (SSSR count). The Morgan fingerprint density at radius 1 is 1.63 bits per heavy atom. The van der Waals surface area contributed by atoms with Crippen LogP contribution in [0.5, 0.6) is 0 Å². The molecule has 0 amide bonds. The van der Waals surface area contributed by atoms with Crippen LogP contribution in [-0.2, 0) is 9.53 Å². The molecule has 0 unspecified atom stereocenters. The molecule has 0 aliphatic heterocycles. The van der Waals surface area contributed by atoms with Gasteiger partial charge in [0.1, 0.15) is 0 Å². The molecule has 104 valence electrons. The minimum Gasteiger partial charge on any atom is -0.466 e. The number of halogens is 2. The standard InChI is InChI=1S/C12H15ClFN3O2/c1-2-19-11(18)7-4-3-5-9(7)16-10-8(14)6-15-12(13)17-10/h6-7,9H,2-5H2,1H3,(H,15,16,17)/t7-,9-/m0/s1. The van der Waals surface area contributed by atoms with Gasteiger partial charge < -0.3 is 10.1 Å². The third-order valence-corrected chi connectivity index (χ3v) is 3.32. The number of nitrogens with zero attached hydrogens (tertiary/aromatic N) is 2. The SMILES string of the molecule is CCOC(=O)[C@H]1CCC[C@@H]1Nc1nc(Cl)ncc1F. The van der Waals surface area contributed by atoms with Gasteiger partial charge in [-0.05, 0) is 31.4 Å². The van der Waals surface area contributed by atoms with Gasteiger partial charge in [-0.25, -0.2) is 9.37 Å². The normalized spacial score (nSPS) is 22.3. The Bertz CT molecular complexity index is 472. The summed E-state index contributed by atoms with van der Waals surface area (Å²) in [6.45, 7) is 2.11. The van der Waals surface area contributed by atoms with Crippen LogP contribution in [0.1, 0.15) is 26.2 Å². The average Bonchev–Trinajstić information content (AvgIpc) is 2.82. The molecule has 0 spiro atoms. The first-order valence-electron chi connectivity index (χ1n) is 6.23. The molecule has 1 saturated carbocycles. The summed E-state index contributed by atoms with van der Waals surface area (Å²) in [6, 6.07) is -0.181. The lowest BCUT2D eigenvalue weighted by Gasteiger charge is -2.20. The molecular formula is C12H15ClFN3O2. The summed E-state index contributed by atoms with van der Waals surface area (Å²) in [6.07, 6.45) is 3.40. The van der Waals surface area contributed by atoms with E-state index in [0.717, 1.165) is 25.5 Å². The maximum absolute atomic E-state index is 13.5. The molecule has 5 nitrogen and oxygen atoms in total. The number of carbonyl (C=O) groups excluding carboxylic acids is 1. The second kappa shape index (κ2) is 6.14. The average molecular weight is 288 g/mol. The lowest BCUT2D eigenvalue weighted by atomic mass is 10.0. The summed E-state index contributed by atoms with van der Waals surface area (Å²) in [7, 11) is 0. The van der Waals surface area contributed by atoms with Gasteiger partial charge in [-0.3, -0.25) is 4.79 Å². The quantitative estimate of drug-likeness (QED) is 0.680. The first-order valence-corrected chi connectivity index (χ1v) is 6.60. The predicted octanol–water partition coefficient (Wildman–Crippen LogP) is 2.41. The van der Waals surface area contributed by atoms with Crippen molar-refractivity contribution in [3.63, 3.8) is 0 Å². The van der Waals surface area contributed by atoms with Crippen LogP contribution in [0, 0.1) is 11.7 Å². The minimum absolute atomic E-state index is 0.0289. The van der Waals surface area contributed by atoms with Crippen molar-refractivity contribution in [3.05, 3.63) is 17.3 Å². The third-order valence-electron chi connectivity index (χ3n) is 3.14. The molecule has 0 radical (unpaired) electrons. The summed E-state index contributed by atoms with van der Waals surface area (Å²) >= 11 is 5.63. The van der Waals surface area contributed by atoms with Crippen LogP contribution < -0.4 is 5.32 Å². The maximum atomic E-state index is 13.5. The van der Waals surface area contributed by atoms with Crippen molar-refractivity contribution in [3.8, 4) is 0 Å². The Balaban J connectivity index is 2.09. The van der Waals surface area contributed by atoms with E-state index in [1.807, 2.05) is 0 Å². The number of hydrogen-bond acceptors (Lipinski definition) is 5. The van der Waals surface area contributed by atoms with Gasteiger partial charge >= 0.3 is 5.97 Å². The predicted molar refractivity (Wildman–Crippen MR) is 68.4 cm³/mol. The topological polar surface area (TPSA) is 64.1 Å². The van der Waals surface area contributed by atoms with E-state index >= 15 is 0 Å². The first-order chi connectivity index (χ1) is 9.11. The smallest absolute Gasteiger partial charge is 0.311 e. The zero-order valence-corrected chi connectivity index (χ0v) is 11.3. The lowest BCUT2D eigenvalue weighted by molar-refractivity contribution is -0.148. The van der Waals surface area contributed by atoms with Crippen LogP contribution in [0.25, 0.3) is 0 Å². The highest BCUT2D eigenvalue weighted by molar-refractivity contribution is 6.28. The van der Waals surface area contributed by atoms with Gasteiger partial charge in [0.15, 0.2) is 11.6 Å². The van der Waals surface area contributed by atoms with Gasteiger partial charge in [0, 0.05) is 6.04 Å². The molecule has 1 aromatic rings. The van der Waals surface area contributed by atoms with Crippen molar-refractivity contribution in [2.75, 3.05) is 11.9 Å². The van der Waals surface area contributed by atoms with Gasteiger partial charge in [0.25, 0.3) is 0 Å². The number of carbonyl (C=O) groups is 1. The van der Waals surface area contributed by atoms with Gasteiger partial charge in [0.2, 0.25) is 5.28 Å². The number of esters is 1. The third kappa shape index (κ3) is 3.32. The van der Waals surface area contributed by atoms with Crippen molar-refractivity contribution in [2.24, 2.45) is 5.92 Å². The Kier molecular flexibility index (Phi) is 4.52. The molecule has 0 bridgehead atoms. The van der Waals surface area contributed by atoms with Crippen LogP contribution in [0.4, 0.5) is 10.2 Å². The van der Waals surface area contributed by atoms with E-state index in [2.05, 4.69) is 15.3 Å². The Hall–Kier alpha value is -1.43. The van der Waals surface area contributed by atoms with Crippen molar-refractivity contribution < 1.29 is 13.9 Å². The van der Waals surface area contributed by atoms with E-state index in [0.29, 0.717) is 6.61 Å². The monoisotopic (exact) mass is 287 g/mol. The molecule has 2 atom stereocenters. The van der Waals surface area contributed by atoms with E-state index in [4.69, 9.17) is 16.3 Å². The number of anilines is 1. The highest BCUT2D eigenvalue weighted by Crippen LogP contribution is 2.30. The molecule has 1 aromatic heterocycles. The van der Waals surface area contributed by atoms with Crippen LogP contribution in [-0.4, -0.2) is 28.6 Å². The molecule has 0 saturated heterocycles. The summed E-state index contributed by atoms with van der Waals surface area (Å²) in [5.41, 5.74) is 0. The highest BCUT2D eigenvalue weighted by Gasteiger charge is 2.34. The summed E-state index contributed by atoms with van der Waals surface area (Å²) in [5.74, 6) is -1.08. The molecule has 7 heteroatoms. The Morgan fingerprint density at radius 3 is 3.16 bits per heavy atom. The van der Waals surface area contributed by atoms with Crippen LogP contribution >= 0.6 is 11.6 Å². The fraction of sp³-hybridized carbons (Fsp3) is 0.583. The molecule has 0 aromatic carbocycles. The molecule has 1 aliphatic carbocycles. The fourth-order valence-electron chi connectivity index (χ4n) is 2.29. The van der Waals surface area contributed by atoms with Gasteiger partial charge in [-0.2, -0.15) is 4.98 Å². The van der Waals surface area contributed by atoms with Crippen LogP contribution in [0.3, 0.4) is 0 Å². The van der Waals surface area contributed by atoms with E-state index in [-0.39, 0.29) is 29.0 Å². The number of ether oxygens (including phenoxy) is 1. The van der Waals surface area contributed by atoms with E-state index in [1.165, 1.54) is 0 Å². The lowest BCUT2D eigenvalue weighted by Crippen LogP contribution is -2.32. The Morgan fingerprint density at radius 2 is 2.42 bits per heavy atom. The van der Waals surface area contributed by atoms with Gasteiger partial charge in [0.05, 0.1) is 18.7 Å². The zero-order chi connectivity index (χ0) is 13.8. The molecule has 1 fully saturated rings. The van der Waals surface area contributed by atoms with Crippen molar-refractivity contribution >= 4 is 23.4 Å². The van der Waals surface area contributed by atoms with E-state index < -0.39 is 5.82 Å². The molecule has 1 heterocycles. The minimum atomic E-state index is -0.584. The summed E-state index contributed by atoms with van der Waals surface area (Å²) in [4.78, 5) is 19.1. The van der Waals surface area contributed by atoms with Gasteiger partial charge in [-0.1, -0.05) is 6.42 Å². The number of hydrogen-bond donors (Lipinski definition) is 1. The van der Waals surface area contributed by atoms with Gasteiger partial charge in [-0.15, -0.1) is 0 Å². The first kappa shape index (κ1) is 14.0. The number of aromatic nitrogens is 2. The number of nitrogens with one attached hydrogen (secondary N) is 1. The summed E-state index contributed by atoms with van der Waals surface area (Å²) in [5, 5.41) is 2.90. The van der Waals surface area contributed by atoms with Crippen LogP contribution in [0.15, 0.2) is 6.20 Å². The van der Waals surface area contributed by atoms with Crippen molar-refractivity contribution in [1.82, 2.24) is 9.97 Å². The molecule has 1 aliphatic rings. The van der Waals surface area contributed by atoms with Crippen molar-refractivity contribution in [1.29, 1.82) is 0 Å². The number of rotatable bonds is 4. The Labute approximate surface area is 115 Å². The summed E-state index contributed by atoms with van der Waals surface area (Å²) < 4.78 is 18.6. The fourth-order valence-corrected chi connectivity index (χ4v) is 2.42. The molecule has 19 heavy (non-hydrogen) atoms. The second-order valence-corrected chi connectivity index (χ2v) is 4.71. The molecular weight excluding hydrogens is 273 g/mol. The van der Waals surface area contributed by atoms with Crippen LogP contribution in [0.2, 0.25) is 5.28 Å². The highest BCUT2D eigenvalue weighted by atomic mass is 35.5. The van der Waals surface area contributed by atoms with Crippen molar-refractivity contribution in [2.45, 2.75) is 32.2 Å². The van der Waals surface area contributed by atoms with E-state index in [9.17, 15) is 9.18 Å². The largest absolute Gasteiger partial charge is 0.466 e.